The number of ether oxygens (including phenoxy) is 1. The highest BCUT2D eigenvalue weighted by Gasteiger charge is 2.23. The SMILES string of the molecule is Cc1ncc(-c2nc(Nc3cc[c]cc3)ncc2F)n1C1CCOCC1. The third-order valence-electron chi connectivity index (χ3n) is 4.50. The molecule has 0 aliphatic carbocycles. The summed E-state index contributed by atoms with van der Waals surface area (Å²) < 4.78 is 22.0. The molecule has 0 bridgehead atoms. The van der Waals surface area contributed by atoms with E-state index in [9.17, 15) is 4.39 Å². The van der Waals surface area contributed by atoms with Gasteiger partial charge in [0.1, 0.15) is 11.5 Å². The molecule has 0 unspecified atom stereocenters. The number of benzene rings is 1. The van der Waals surface area contributed by atoms with Crippen LogP contribution in [0.2, 0.25) is 0 Å². The molecule has 1 N–H and O–H groups in total. The van der Waals surface area contributed by atoms with Gasteiger partial charge in [0.25, 0.3) is 0 Å². The van der Waals surface area contributed by atoms with Crippen molar-refractivity contribution in [2.45, 2.75) is 25.8 Å². The Bertz CT molecular complexity index is 890. The van der Waals surface area contributed by atoms with Crippen LogP contribution in [0, 0.1) is 18.8 Å². The summed E-state index contributed by atoms with van der Waals surface area (Å²) in [6, 6.07) is 10.5. The van der Waals surface area contributed by atoms with Gasteiger partial charge in [0, 0.05) is 24.9 Å². The molecule has 133 valence electrons. The number of imidazole rings is 1. The van der Waals surface area contributed by atoms with E-state index in [2.05, 4.69) is 30.9 Å². The summed E-state index contributed by atoms with van der Waals surface area (Å²) in [4.78, 5) is 12.9. The number of hydrogen-bond donors (Lipinski definition) is 1. The lowest BCUT2D eigenvalue weighted by molar-refractivity contribution is 0.0694. The lowest BCUT2D eigenvalue weighted by Crippen LogP contribution is -2.21. The molecule has 26 heavy (non-hydrogen) atoms. The van der Waals surface area contributed by atoms with E-state index in [1.807, 2.05) is 19.1 Å². The van der Waals surface area contributed by atoms with Crippen LogP contribution in [0.3, 0.4) is 0 Å². The molecule has 6 nitrogen and oxygen atoms in total. The van der Waals surface area contributed by atoms with Crippen LogP contribution in [-0.2, 0) is 4.74 Å². The number of anilines is 2. The van der Waals surface area contributed by atoms with Gasteiger partial charge in [0.05, 0.1) is 18.1 Å². The van der Waals surface area contributed by atoms with Gasteiger partial charge in [-0.3, -0.25) is 0 Å². The summed E-state index contributed by atoms with van der Waals surface area (Å²) in [5.74, 6) is 0.716. The molecule has 1 aliphatic rings. The number of halogens is 1. The quantitative estimate of drug-likeness (QED) is 0.776. The van der Waals surface area contributed by atoms with Gasteiger partial charge in [-0.05, 0) is 38.0 Å². The van der Waals surface area contributed by atoms with Crippen LogP contribution >= 0.6 is 0 Å². The van der Waals surface area contributed by atoms with E-state index in [4.69, 9.17) is 4.74 Å². The van der Waals surface area contributed by atoms with E-state index in [-0.39, 0.29) is 11.7 Å². The molecule has 4 rings (SSSR count). The van der Waals surface area contributed by atoms with Gasteiger partial charge in [-0.1, -0.05) is 12.1 Å². The van der Waals surface area contributed by atoms with Gasteiger partial charge in [-0.2, -0.15) is 0 Å². The minimum absolute atomic E-state index is 0.233. The molecule has 1 fully saturated rings. The van der Waals surface area contributed by atoms with Crippen LogP contribution in [-0.4, -0.2) is 32.7 Å². The van der Waals surface area contributed by atoms with Crippen LogP contribution in [0.15, 0.2) is 36.7 Å². The van der Waals surface area contributed by atoms with Crippen molar-refractivity contribution < 1.29 is 9.13 Å². The molecule has 0 saturated carbocycles. The van der Waals surface area contributed by atoms with E-state index in [0.717, 1.165) is 24.4 Å². The summed E-state index contributed by atoms with van der Waals surface area (Å²) in [6.07, 6.45) is 4.62. The third-order valence-corrected chi connectivity index (χ3v) is 4.50. The molecular weight excluding hydrogens is 333 g/mol. The normalized spacial score (nSPS) is 15.2. The van der Waals surface area contributed by atoms with Crippen molar-refractivity contribution in [2.24, 2.45) is 0 Å². The van der Waals surface area contributed by atoms with Crippen LogP contribution in [0.5, 0.6) is 0 Å². The average Bonchev–Trinajstić information content (AvgIpc) is 3.06. The molecule has 0 atom stereocenters. The molecular formula is C19H19FN5O. The van der Waals surface area contributed by atoms with E-state index in [1.165, 1.54) is 6.20 Å². The van der Waals surface area contributed by atoms with Crippen LogP contribution < -0.4 is 5.32 Å². The summed E-state index contributed by atoms with van der Waals surface area (Å²) in [5, 5.41) is 3.09. The summed E-state index contributed by atoms with van der Waals surface area (Å²) >= 11 is 0. The van der Waals surface area contributed by atoms with Crippen LogP contribution in [0.4, 0.5) is 16.0 Å². The van der Waals surface area contributed by atoms with Crippen LogP contribution in [0.25, 0.3) is 11.4 Å². The molecule has 0 spiro atoms. The van der Waals surface area contributed by atoms with Crippen molar-refractivity contribution in [2.75, 3.05) is 18.5 Å². The first-order valence-corrected chi connectivity index (χ1v) is 8.60. The van der Waals surface area contributed by atoms with Crippen molar-refractivity contribution in [3.63, 3.8) is 0 Å². The predicted octanol–water partition coefficient (Wildman–Crippen LogP) is 3.68. The third kappa shape index (κ3) is 3.30. The second kappa shape index (κ2) is 7.21. The Morgan fingerprint density at radius 3 is 2.73 bits per heavy atom. The molecule has 3 aromatic rings. The fourth-order valence-electron chi connectivity index (χ4n) is 3.24. The number of hydrogen-bond acceptors (Lipinski definition) is 5. The van der Waals surface area contributed by atoms with Crippen molar-refractivity contribution >= 4 is 11.6 Å². The highest BCUT2D eigenvalue weighted by atomic mass is 19.1. The Morgan fingerprint density at radius 2 is 1.96 bits per heavy atom. The van der Waals surface area contributed by atoms with Crippen LogP contribution in [0.1, 0.15) is 24.7 Å². The Balaban J connectivity index is 1.70. The maximum Gasteiger partial charge on any atom is 0.227 e. The minimum Gasteiger partial charge on any atom is -0.381 e. The van der Waals surface area contributed by atoms with E-state index in [0.29, 0.717) is 24.9 Å². The molecule has 7 heteroatoms. The zero-order valence-corrected chi connectivity index (χ0v) is 14.4. The predicted molar refractivity (Wildman–Crippen MR) is 95.6 cm³/mol. The number of rotatable bonds is 4. The molecule has 3 heterocycles. The highest BCUT2D eigenvalue weighted by molar-refractivity contribution is 5.60. The Hall–Kier alpha value is -2.80. The number of nitrogens with zero attached hydrogens (tertiary/aromatic N) is 4. The number of aryl methyl sites for hydroxylation is 1. The lowest BCUT2D eigenvalue weighted by Gasteiger charge is -2.26. The fourth-order valence-corrected chi connectivity index (χ4v) is 3.24. The first kappa shape index (κ1) is 16.7. The first-order valence-electron chi connectivity index (χ1n) is 8.60. The summed E-state index contributed by atoms with van der Waals surface area (Å²) in [5.41, 5.74) is 1.73. The van der Waals surface area contributed by atoms with Gasteiger partial charge >= 0.3 is 0 Å². The number of aromatic nitrogens is 4. The zero-order chi connectivity index (χ0) is 17.9. The monoisotopic (exact) mass is 352 g/mol. The standard InChI is InChI=1S/C19H19FN5O/c1-13-21-12-17(25(13)15-7-9-26-10-8-15)18-16(20)11-22-19(24-18)23-14-5-3-2-4-6-14/h3-6,11-12,15H,7-10H2,1H3,(H,22,23,24). The Kier molecular flexibility index (Phi) is 4.62. The van der Waals surface area contributed by atoms with Crippen molar-refractivity contribution in [3.05, 3.63) is 54.4 Å². The topological polar surface area (TPSA) is 64.9 Å². The maximum absolute atomic E-state index is 14.5. The average molecular weight is 352 g/mol. The summed E-state index contributed by atoms with van der Waals surface area (Å²) in [7, 11) is 0. The van der Waals surface area contributed by atoms with Crippen molar-refractivity contribution in [3.8, 4) is 11.4 Å². The van der Waals surface area contributed by atoms with Gasteiger partial charge in [-0.15, -0.1) is 0 Å². The second-order valence-electron chi connectivity index (χ2n) is 6.21. The molecule has 0 amide bonds. The molecule has 1 radical (unpaired) electrons. The highest BCUT2D eigenvalue weighted by Crippen LogP contribution is 2.30. The number of nitrogens with one attached hydrogen (secondary N) is 1. The fraction of sp³-hybridized carbons (Fsp3) is 0.316. The van der Waals surface area contributed by atoms with E-state index < -0.39 is 5.82 Å². The molecule has 1 aliphatic heterocycles. The van der Waals surface area contributed by atoms with Gasteiger partial charge in [0.2, 0.25) is 5.95 Å². The lowest BCUT2D eigenvalue weighted by atomic mass is 10.1. The summed E-state index contributed by atoms with van der Waals surface area (Å²) in [6.45, 7) is 3.33. The van der Waals surface area contributed by atoms with E-state index in [1.54, 1.807) is 18.3 Å². The van der Waals surface area contributed by atoms with Crippen molar-refractivity contribution in [1.82, 2.24) is 19.5 Å². The largest absolute Gasteiger partial charge is 0.381 e. The Morgan fingerprint density at radius 1 is 1.19 bits per heavy atom. The smallest absolute Gasteiger partial charge is 0.227 e. The van der Waals surface area contributed by atoms with E-state index >= 15 is 0 Å². The molecule has 1 saturated heterocycles. The minimum atomic E-state index is -0.467. The Labute approximate surface area is 151 Å². The molecule has 1 aromatic carbocycles. The first-order chi connectivity index (χ1) is 12.7. The van der Waals surface area contributed by atoms with Gasteiger partial charge in [0.15, 0.2) is 5.82 Å². The second-order valence-corrected chi connectivity index (χ2v) is 6.21. The molecule has 2 aromatic heterocycles. The zero-order valence-electron chi connectivity index (χ0n) is 14.4. The van der Waals surface area contributed by atoms with Gasteiger partial charge < -0.3 is 14.6 Å². The van der Waals surface area contributed by atoms with Crippen molar-refractivity contribution in [1.29, 1.82) is 0 Å². The van der Waals surface area contributed by atoms with Gasteiger partial charge in [-0.25, -0.2) is 19.3 Å². The maximum atomic E-state index is 14.5.